The molecule has 0 heterocycles. The van der Waals surface area contributed by atoms with Gasteiger partial charge in [-0.1, -0.05) is 26.6 Å². The summed E-state index contributed by atoms with van der Waals surface area (Å²) >= 11 is 3.86. The van der Waals surface area contributed by atoms with Gasteiger partial charge in [-0.2, -0.15) is 0 Å². The summed E-state index contributed by atoms with van der Waals surface area (Å²) in [6, 6.07) is 0. The molecular formula is C7H16OSSi. The third kappa shape index (κ3) is 2.88. The van der Waals surface area contributed by atoms with Crippen LogP contribution < -0.4 is 0 Å². The van der Waals surface area contributed by atoms with Crippen LogP contribution in [0.5, 0.6) is 0 Å². The predicted molar refractivity (Wildman–Crippen MR) is 51.4 cm³/mol. The lowest BCUT2D eigenvalue weighted by atomic mass is 10.4. The molecule has 0 N–H and O–H groups in total. The van der Waals surface area contributed by atoms with Gasteiger partial charge >= 0.3 is 0 Å². The van der Waals surface area contributed by atoms with Crippen molar-refractivity contribution in [2.24, 2.45) is 0 Å². The van der Waals surface area contributed by atoms with E-state index in [-0.39, 0.29) is 10.7 Å². The average Bonchev–Trinajstić information content (AvgIpc) is 1.60. The molecule has 0 aliphatic rings. The summed E-state index contributed by atoms with van der Waals surface area (Å²) in [5.74, 6) is 0. The summed E-state index contributed by atoms with van der Waals surface area (Å²) in [7, 11) is -1.28. The Morgan fingerprint density at radius 1 is 1.50 bits per heavy atom. The third-order valence-corrected chi connectivity index (χ3v) is 5.07. The van der Waals surface area contributed by atoms with Crippen LogP contribution in [-0.4, -0.2) is 13.2 Å². The Kier molecular flexibility index (Phi) is 3.66. The standard InChI is InChI=1S/C7H16OSSi/c1-5-6(7(8)9)10(2,3)4/h6H,5H2,1-4H3,(H,8,9). The quantitative estimate of drug-likeness (QED) is 0.516. The molecule has 0 fully saturated rings. The zero-order valence-electron chi connectivity index (χ0n) is 7.14. The van der Waals surface area contributed by atoms with E-state index in [0.29, 0.717) is 0 Å². The number of thiol groups is 1. The number of hydrogen-bond donors (Lipinski definition) is 1. The van der Waals surface area contributed by atoms with Crippen LogP contribution in [0.3, 0.4) is 0 Å². The maximum Gasteiger partial charge on any atom is 0.186 e. The van der Waals surface area contributed by atoms with Crippen molar-refractivity contribution in [1.29, 1.82) is 0 Å². The molecule has 0 bridgehead atoms. The van der Waals surface area contributed by atoms with E-state index in [2.05, 4.69) is 39.2 Å². The molecule has 0 radical (unpaired) electrons. The minimum absolute atomic E-state index is 0.0710. The van der Waals surface area contributed by atoms with Crippen molar-refractivity contribution < 1.29 is 4.79 Å². The number of hydrogen-bond acceptors (Lipinski definition) is 1. The van der Waals surface area contributed by atoms with E-state index in [1.807, 2.05) is 0 Å². The fourth-order valence-electron chi connectivity index (χ4n) is 1.16. The van der Waals surface area contributed by atoms with Crippen LogP contribution in [0.1, 0.15) is 13.3 Å². The minimum Gasteiger partial charge on any atom is -0.288 e. The Morgan fingerprint density at radius 3 is 1.90 bits per heavy atom. The van der Waals surface area contributed by atoms with E-state index in [1.165, 1.54) is 0 Å². The first-order valence-corrected chi connectivity index (χ1v) is 7.65. The van der Waals surface area contributed by atoms with E-state index in [0.717, 1.165) is 6.42 Å². The van der Waals surface area contributed by atoms with Gasteiger partial charge < -0.3 is 0 Å². The third-order valence-electron chi connectivity index (χ3n) is 1.75. The van der Waals surface area contributed by atoms with Crippen molar-refractivity contribution in [2.75, 3.05) is 0 Å². The van der Waals surface area contributed by atoms with Gasteiger partial charge in [0, 0.05) is 5.54 Å². The second-order valence-corrected chi connectivity index (χ2v) is 9.53. The van der Waals surface area contributed by atoms with Crippen LogP contribution in [0.15, 0.2) is 0 Å². The SMILES string of the molecule is CCC(C(=O)S)[Si](C)(C)C. The molecule has 0 saturated carbocycles. The molecule has 0 amide bonds. The van der Waals surface area contributed by atoms with E-state index < -0.39 is 8.07 Å². The second-order valence-electron chi connectivity index (χ2n) is 3.67. The van der Waals surface area contributed by atoms with Crippen LogP contribution in [0.2, 0.25) is 25.2 Å². The summed E-state index contributed by atoms with van der Waals surface area (Å²) in [4.78, 5) is 10.9. The van der Waals surface area contributed by atoms with E-state index >= 15 is 0 Å². The van der Waals surface area contributed by atoms with Crippen molar-refractivity contribution >= 4 is 25.8 Å². The van der Waals surface area contributed by atoms with Crippen molar-refractivity contribution in [3.63, 3.8) is 0 Å². The summed E-state index contributed by atoms with van der Waals surface area (Å²) < 4.78 is 0. The van der Waals surface area contributed by atoms with Crippen LogP contribution in [0, 0.1) is 0 Å². The highest BCUT2D eigenvalue weighted by Crippen LogP contribution is 2.26. The van der Waals surface area contributed by atoms with Gasteiger partial charge in [-0.15, -0.1) is 12.6 Å². The van der Waals surface area contributed by atoms with Gasteiger partial charge in [-0.3, -0.25) is 4.79 Å². The number of rotatable bonds is 3. The molecule has 0 aromatic rings. The molecule has 10 heavy (non-hydrogen) atoms. The number of carbonyl (C=O) groups is 1. The summed E-state index contributed by atoms with van der Waals surface area (Å²) in [5, 5.41) is 0.0710. The molecule has 0 spiro atoms. The fraction of sp³-hybridized carbons (Fsp3) is 0.857. The molecule has 0 aliphatic heterocycles. The van der Waals surface area contributed by atoms with Crippen LogP contribution in [-0.2, 0) is 4.79 Å². The zero-order valence-corrected chi connectivity index (χ0v) is 9.03. The Hall–Kier alpha value is 0.237. The fourth-order valence-corrected chi connectivity index (χ4v) is 4.47. The molecule has 0 rings (SSSR count). The number of carbonyl (C=O) groups excluding carboxylic acids is 1. The zero-order chi connectivity index (χ0) is 8.36. The summed E-state index contributed by atoms with van der Waals surface area (Å²) in [5.41, 5.74) is 0.232. The Labute approximate surface area is 69.6 Å². The highest BCUT2D eigenvalue weighted by molar-refractivity contribution is 7.97. The van der Waals surface area contributed by atoms with Crippen LogP contribution in [0.25, 0.3) is 0 Å². The maximum atomic E-state index is 10.9. The molecule has 0 aliphatic carbocycles. The lowest BCUT2D eigenvalue weighted by Crippen LogP contribution is -2.31. The Morgan fingerprint density at radius 2 is 1.90 bits per heavy atom. The van der Waals surface area contributed by atoms with Gasteiger partial charge in [0.05, 0.1) is 8.07 Å². The minimum atomic E-state index is -1.28. The van der Waals surface area contributed by atoms with Gasteiger partial charge in [0.2, 0.25) is 0 Å². The van der Waals surface area contributed by atoms with Crippen molar-refractivity contribution in [3.05, 3.63) is 0 Å². The van der Waals surface area contributed by atoms with Gasteiger partial charge in [0.25, 0.3) is 0 Å². The topological polar surface area (TPSA) is 17.1 Å². The Bertz CT molecular complexity index is 128. The molecular weight excluding hydrogens is 160 g/mol. The van der Waals surface area contributed by atoms with Gasteiger partial charge in [-0.05, 0) is 6.42 Å². The van der Waals surface area contributed by atoms with Crippen LogP contribution >= 0.6 is 12.6 Å². The second kappa shape index (κ2) is 3.58. The highest BCUT2D eigenvalue weighted by atomic mass is 32.1. The molecule has 0 aromatic heterocycles. The summed E-state index contributed by atoms with van der Waals surface area (Å²) in [6.45, 7) is 8.66. The van der Waals surface area contributed by atoms with Gasteiger partial charge in [0.15, 0.2) is 5.12 Å². The first-order valence-electron chi connectivity index (χ1n) is 3.62. The Balaban J connectivity index is 4.22. The largest absolute Gasteiger partial charge is 0.288 e. The van der Waals surface area contributed by atoms with Gasteiger partial charge in [-0.25, -0.2) is 0 Å². The lowest BCUT2D eigenvalue weighted by Gasteiger charge is -2.24. The molecule has 3 heteroatoms. The molecule has 0 aromatic carbocycles. The molecule has 0 saturated heterocycles. The molecule has 60 valence electrons. The van der Waals surface area contributed by atoms with E-state index in [4.69, 9.17) is 0 Å². The van der Waals surface area contributed by atoms with Crippen molar-refractivity contribution in [2.45, 2.75) is 38.5 Å². The summed E-state index contributed by atoms with van der Waals surface area (Å²) in [6.07, 6.45) is 0.943. The maximum absolute atomic E-state index is 10.9. The molecule has 1 nitrogen and oxygen atoms in total. The molecule has 1 atom stereocenters. The average molecular weight is 176 g/mol. The van der Waals surface area contributed by atoms with Crippen molar-refractivity contribution in [3.8, 4) is 0 Å². The van der Waals surface area contributed by atoms with Gasteiger partial charge in [0.1, 0.15) is 0 Å². The predicted octanol–water partition coefficient (Wildman–Crippen LogP) is 2.56. The first-order chi connectivity index (χ1) is 4.39. The first kappa shape index (κ1) is 10.2. The molecule has 1 unspecified atom stereocenters. The lowest BCUT2D eigenvalue weighted by molar-refractivity contribution is -0.110. The monoisotopic (exact) mass is 176 g/mol. The smallest absolute Gasteiger partial charge is 0.186 e. The normalized spacial score (nSPS) is 14.9. The van der Waals surface area contributed by atoms with E-state index in [9.17, 15) is 4.79 Å². The van der Waals surface area contributed by atoms with Crippen molar-refractivity contribution in [1.82, 2.24) is 0 Å². The van der Waals surface area contributed by atoms with E-state index in [1.54, 1.807) is 0 Å². The van der Waals surface area contributed by atoms with Crippen LogP contribution in [0.4, 0.5) is 0 Å². The highest BCUT2D eigenvalue weighted by Gasteiger charge is 2.28.